The molecule has 0 unspecified atom stereocenters. The normalized spacial score (nSPS) is 25.9. The fraction of sp³-hybridized carbons (Fsp3) is 0.389. The molecule has 2 aliphatic carbocycles. The summed E-state index contributed by atoms with van der Waals surface area (Å²) in [6.45, 7) is 0.450. The fourth-order valence-corrected chi connectivity index (χ4v) is 3.84. The van der Waals surface area contributed by atoms with E-state index in [0.29, 0.717) is 35.6 Å². The molecular formula is C18H20Cl2N4O2. The number of nitrogens with zero attached hydrogens (tertiary/aromatic N) is 2. The molecule has 0 saturated heterocycles. The van der Waals surface area contributed by atoms with Crippen LogP contribution in [0.1, 0.15) is 12.3 Å². The molecule has 3 N–H and O–H groups in total. The summed E-state index contributed by atoms with van der Waals surface area (Å²) in [4.78, 5) is 16.7. The van der Waals surface area contributed by atoms with Gasteiger partial charge in [-0.2, -0.15) is 4.98 Å². The molecule has 1 aromatic heterocycles. The minimum Gasteiger partial charge on any atom is -0.355 e. The molecule has 1 heterocycles. The van der Waals surface area contributed by atoms with Crippen molar-refractivity contribution in [2.45, 2.75) is 18.9 Å². The Morgan fingerprint density at radius 3 is 2.69 bits per heavy atom. The number of aromatic nitrogens is 2. The number of fused-ring (bicyclic) bond motifs is 2. The molecule has 2 aromatic rings. The van der Waals surface area contributed by atoms with Crippen LogP contribution in [0.25, 0.3) is 11.4 Å². The van der Waals surface area contributed by atoms with Crippen molar-refractivity contribution in [2.24, 2.45) is 23.5 Å². The van der Waals surface area contributed by atoms with Crippen molar-refractivity contribution in [3.63, 3.8) is 0 Å². The number of amides is 1. The zero-order chi connectivity index (χ0) is 17.4. The lowest BCUT2D eigenvalue weighted by atomic mass is 9.89. The molecule has 26 heavy (non-hydrogen) atoms. The van der Waals surface area contributed by atoms with Crippen LogP contribution < -0.4 is 11.1 Å². The molecule has 8 heteroatoms. The van der Waals surface area contributed by atoms with Gasteiger partial charge in [-0.05, 0) is 42.5 Å². The van der Waals surface area contributed by atoms with Gasteiger partial charge >= 0.3 is 0 Å². The molecule has 2 bridgehead atoms. The third kappa shape index (κ3) is 3.63. The topological polar surface area (TPSA) is 94.0 Å². The summed E-state index contributed by atoms with van der Waals surface area (Å²) in [7, 11) is 0. The lowest BCUT2D eigenvalue weighted by Gasteiger charge is -2.23. The Bertz CT molecular complexity index is 806. The van der Waals surface area contributed by atoms with E-state index in [4.69, 9.17) is 21.9 Å². The molecule has 0 radical (unpaired) electrons. The summed E-state index contributed by atoms with van der Waals surface area (Å²) in [6, 6.07) is 7.15. The maximum atomic E-state index is 12.4. The molecule has 0 spiro atoms. The maximum Gasteiger partial charge on any atom is 0.228 e. The summed E-state index contributed by atoms with van der Waals surface area (Å²) < 4.78 is 5.25. The standard InChI is InChI=1S/C18H19ClN4O2.ClH/c19-13-5-3-10(4-6-13)17-22-14(25-23-17)7-8-21-18(24)15-11-1-2-12(9-11)16(15)20;/h1-6,11-12,15-16H,7-9,20H2,(H,21,24);1H/t11-,12+,15-,16+;/m1./s1. The van der Waals surface area contributed by atoms with Crippen LogP contribution in [0, 0.1) is 17.8 Å². The summed E-state index contributed by atoms with van der Waals surface area (Å²) >= 11 is 5.87. The fourth-order valence-electron chi connectivity index (χ4n) is 3.71. The molecule has 1 saturated carbocycles. The Balaban J connectivity index is 0.00000196. The quantitative estimate of drug-likeness (QED) is 0.760. The number of rotatable bonds is 5. The van der Waals surface area contributed by atoms with E-state index in [1.165, 1.54) is 0 Å². The highest BCUT2D eigenvalue weighted by molar-refractivity contribution is 6.30. The van der Waals surface area contributed by atoms with Gasteiger partial charge in [-0.3, -0.25) is 4.79 Å². The average molecular weight is 395 g/mol. The number of hydrogen-bond donors (Lipinski definition) is 2. The Morgan fingerprint density at radius 1 is 1.27 bits per heavy atom. The highest BCUT2D eigenvalue weighted by Gasteiger charge is 2.46. The summed E-state index contributed by atoms with van der Waals surface area (Å²) in [5.41, 5.74) is 7.00. The number of carbonyl (C=O) groups is 1. The van der Waals surface area contributed by atoms with Gasteiger partial charge in [0, 0.05) is 29.6 Å². The minimum atomic E-state index is -0.123. The van der Waals surface area contributed by atoms with Gasteiger partial charge in [0.15, 0.2) is 0 Å². The second-order valence-electron chi connectivity index (χ2n) is 6.61. The van der Waals surface area contributed by atoms with Crippen molar-refractivity contribution in [2.75, 3.05) is 6.54 Å². The largest absolute Gasteiger partial charge is 0.355 e. The maximum absolute atomic E-state index is 12.4. The van der Waals surface area contributed by atoms with E-state index in [1.54, 1.807) is 12.1 Å². The van der Waals surface area contributed by atoms with Crippen LogP contribution in [0.5, 0.6) is 0 Å². The van der Waals surface area contributed by atoms with Gasteiger partial charge in [0.1, 0.15) is 0 Å². The number of carbonyl (C=O) groups excluding carboxylic acids is 1. The predicted octanol–water partition coefficient (Wildman–Crippen LogP) is 2.62. The summed E-state index contributed by atoms with van der Waals surface area (Å²) in [6.07, 6.45) is 5.73. The van der Waals surface area contributed by atoms with Gasteiger partial charge in [-0.25, -0.2) is 0 Å². The number of benzene rings is 1. The van der Waals surface area contributed by atoms with Crippen molar-refractivity contribution in [3.8, 4) is 11.4 Å². The highest BCUT2D eigenvalue weighted by atomic mass is 35.5. The second-order valence-corrected chi connectivity index (χ2v) is 7.05. The van der Waals surface area contributed by atoms with E-state index in [9.17, 15) is 4.79 Å². The van der Waals surface area contributed by atoms with Gasteiger partial charge in [0.05, 0.1) is 5.92 Å². The van der Waals surface area contributed by atoms with Gasteiger partial charge < -0.3 is 15.6 Å². The molecule has 1 amide bonds. The van der Waals surface area contributed by atoms with Crippen LogP contribution in [-0.2, 0) is 11.2 Å². The van der Waals surface area contributed by atoms with Gasteiger partial charge in [0.25, 0.3) is 0 Å². The molecular weight excluding hydrogens is 375 g/mol. The van der Waals surface area contributed by atoms with Crippen LogP contribution in [0.3, 0.4) is 0 Å². The first-order chi connectivity index (χ1) is 12.1. The van der Waals surface area contributed by atoms with Crippen molar-refractivity contribution in [1.82, 2.24) is 15.5 Å². The van der Waals surface area contributed by atoms with Gasteiger partial charge in [-0.15, -0.1) is 12.4 Å². The number of halogens is 2. The lowest BCUT2D eigenvalue weighted by Crippen LogP contribution is -2.44. The minimum absolute atomic E-state index is 0. The molecule has 1 aromatic carbocycles. The van der Waals surface area contributed by atoms with Crippen LogP contribution in [0.15, 0.2) is 40.9 Å². The van der Waals surface area contributed by atoms with Crippen molar-refractivity contribution < 1.29 is 9.32 Å². The van der Waals surface area contributed by atoms with Crippen LogP contribution in [0.4, 0.5) is 0 Å². The van der Waals surface area contributed by atoms with Crippen LogP contribution in [0.2, 0.25) is 5.02 Å². The molecule has 138 valence electrons. The van der Waals surface area contributed by atoms with E-state index < -0.39 is 0 Å². The monoisotopic (exact) mass is 394 g/mol. The lowest BCUT2D eigenvalue weighted by molar-refractivity contribution is -0.126. The van der Waals surface area contributed by atoms with E-state index in [1.807, 2.05) is 12.1 Å². The van der Waals surface area contributed by atoms with Crippen LogP contribution >= 0.6 is 24.0 Å². The number of hydrogen-bond acceptors (Lipinski definition) is 5. The predicted molar refractivity (Wildman–Crippen MR) is 101 cm³/mol. The van der Waals surface area contributed by atoms with E-state index >= 15 is 0 Å². The Hall–Kier alpha value is -1.89. The van der Waals surface area contributed by atoms with Crippen LogP contribution in [-0.4, -0.2) is 28.6 Å². The number of nitrogens with two attached hydrogens (primary N) is 1. The third-order valence-electron chi connectivity index (χ3n) is 5.03. The van der Waals surface area contributed by atoms with E-state index in [0.717, 1.165) is 12.0 Å². The number of allylic oxidation sites excluding steroid dienone is 1. The highest BCUT2D eigenvalue weighted by Crippen LogP contribution is 2.42. The zero-order valence-electron chi connectivity index (χ0n) is 14.0. The second kappa shape index (κ2) is 7.78. The molecule has 6 nitrogen and oxygen atoms in total. The van der Waals surface area contributed by atoms with Crippen molar-refractivity contribution in [1.29, 1.82) is 0 Å². The first kappa shape index (κ1) is 18.9. The molecule has 4 atom stereocenters. The molecule has 1 fully saturated rings. The SMILES string of the molecule is Cl.N[C@@H]1[C@H](C(=O)NCCc2nc(-c3ccc(Cl)cc3)no2)[C@@H]2C=C[C@H]1C2. The van der Waals surface area contributed by atoms with Crippen molar-refractivity contribution >= 4 is 29.9 Å². The Morgan fingerprint density at radius 2 is 2.00 bits per heavy atom. The zero-order valence-corrected chi connectivity index (χ0v) is 15.5. The molecule has 0 aliphatic heterocycles. The first-order valence-electron chi connectivity index (χ1n) is 8.42. The molecule has 2 aliphatic rings. The molecule has 4 rings (SSSR count). The third-order valence-corrected chi connectivity index (χ3v) is 5.28. The Kier molecular flexibility index (Phi) is 5.65. The average Bonchev–Trinajstić information content (AvgIpc) is 3.31. The summed E-state index contributed by atoms with van der Waals surface area (Å²) in [5.74, 6) is 1.52. The van der Waals surface area contributed by atoms with E-state index in [-0.39, 0.29) is 36.2 Å². The van der Waals surface area contributed by atoms with Gasteiger partial charge in [0.2, 0.25) is 17.6 Å². The Labute approximate surface area is 162 Å². The van der Waals surface area contributed by atoms with E-state index in [2.05, 4.69) is 27.6 Å². The number of nitrogens with one attached hydrogen (secondary N) is 1. The first-order valence-corrected chi connectivity index (χ1v) is 8.80. The summed E-state index contributed by atoms with van der Waals surface area (Å²) in [5, 5.41) is 7.57. The van der Waals surface area contributed by atoms with Crippen molar-refractivity contribution in [3.05, 3.63) is 47.3 Å². The smallest absolute Gasteiger partial charge is 0.228 e. The van der Waals surface area contributed by atoms with Gasteiger partial charge in [-0.1, -0.05) is 28.9 Å².